The van der Waals surface area contributed by atoms with Gasteiger partial charge >= 0.3 is 0 Å². The van der Waals surface area contributed by atoms with Gasteiger partial charge in [-0.05, 0) is 60.8 Å². The topological polar surface area (TPSA) is 65.3 Å². The molecule has 5 nitrogen and oxygen atoms in total. The minimum atomic E-state index is -0.470. The lowest BCUT2D eigenvalue weighted by Gasteiger charge is -2.11. The largest absolute Gasteiger partial charge is 0.436 e. The van der Waals surface area contributed by atoms with Crippen molar-refractivity contribution in [1.29, 1.82) is 0 Å². The lowest BCUT2D eigenvalue weighted by molar-refractivity contribution is -0.385. The van der Waals surface area contributed by atoms with E-state index in [-0.39, 0.29) is 5.69 Å². The van der Waals surface area contributed by atoms with Crippen LogP contribution in [0.5, 0.6) is 11.6 Å². The number of nitrogens with zero attached hydrogens (tertiary/aromatic N) is 2. The van der Waals surface area contributed by atoms with E-state index in [2.05, 4.69) is 52.8 Å². The van der Waals surface area contributed by atoms with Gasteiger partial charge < -0.3 is 4.74 Å². The molecule has 0 spiro atoms. The van der Waals surface area contributed by atoms with Gasteiger partial charge in [0, 0.05) is 28.4 Å². The quantitative estimate of drug-likeness (QED) is 0.450. The number of benzene rings is 1. The summed E-state index contributed by atoms with van der Waals surface area (Å²) in [7, 11) is 0. The summed E-state index contributed by atoms with van der Waals surface area (Å²) in [5.74, 6) is 0.872. The molecule has 0 bridgehead atoms. The Hall–Kier alpha value is -0.990. The van der Waals surface area contributed by atoms with E-state index in [1.54, 1.807) is 6.20 Å². The summed E-state index contributed by atoms with van der Waals surface area (Å²) in [5.41, 5.74) is 0.813. The zero-order valence-electron chi connectivity index (χ0n) is 10.1. The van der Waals surface area contributed by atoms with E-state index < -0.39 is 4.92 Å². The highest BCUT2D eigenvalue weighted by atomic mass is 79.9. The number of ether oxygens (including phenoxy) is 1. The van der Waals surface area contributed by atoms with Crippen LogP contribution in [0.3, 0.4) is 0 Å². The first kappa shape index (κ1) is 15.4. The molecule has 0 saturated carbocycles. The first-order chi connectivity index (χ1) is 9.38. The Morgan fingerprint density at radius 2 is 1.80 bits per heavy atom. The van der Waals surface area contributed by atoms with Crippen LogP contribution in [0.4, 0.5) is 5.69 Å². The second kappa shape index (κ2) is 6.19. The van der Waals surface area contributed by atoms with Gasteiger partial charge in [0.25, 0.3) is 5.69 Å². The fraction of sp³-hybridized carbons (Fsp3) is 0.0833. The molecular formula is C12H7Br3N2O3. The van der Waals surface area contributed by atoms with Crippen LogP contribution < -0.4 is 4.74 Å². The Balaban J connectivity index is 2.41. The van der Waals surface area contributed by atoms with Gasteiger partial charge in [0.15, 0.2) is 5.75 Å². The van der Waals surface area contributed by atoms with E-state index in [4.69, 9.17) is 4.74 Å². The van der Waals surface area contributed by atoms with Crippen LogP contribution in [0.15, 0.2) is 37.8 Å². The molecule has 0 aliphatic heterocycles. The molecule has 0 aliphatic rings. The predicted octanol–water partition coefficient (Wildman–Crippen LogP) is 5.38. The lowest BCUT2D eigenvalue weighted by atomic mass is 10.3. The first-order valence-electron chi connectivity index (χ1n) is 5.32. The predicted molar refractivity (Wildman–Crippen MR) is 85.2 cm³/mol. The molecule has 2 rings (SSSR count). The number of nitro benzene ring substituents is 1. The maximum absolute atomic E-state index is 10.8. The van der Waals surface area contributed by atoms with Crippen LogP contribution in [-0.4, -0.2) is 9.91 Å². The van der Waals surface area contributed by atoms with Crippen molar-refractivity contribution in [2.45, 2.75) is 6.92 Å². The van der Waals surface area contributed by atoms with E-state index in [9.17, 15) is 10.1 Å². The first-order valence-corrected chi connectivity index (χ1v) is 7.70. The van der Waals surface area contributed by atoms with E-state index in [0.717, 1.165) is 10.0 Å². The Morgan fingerprint density at radius 1 is 1.20 bits per heavy atom. The fourth-order valence-electron chi connectivity index (χ4n) is 1.48. The second-order valence-electron chi connectivity index (χ2n) is 3.87. The van der Waals surface area contributed by atoms with E-state index in [1.165, 1.54) is 12.1 Å². The van der Waals surface area contributed by atoms with Gasteiger partial charge in [-0.15, -0.1) is 0 Å². The number of pyridine rings is 1. The number of aryl methyl sites for hydroxylation is 1. The number of hydrogen-bond donors (Lipinski definition) is 0. The second-order valence-corrected chi connectivity index (χ2v) is 6.50. The molecule has 0 amide bonds. The van der Waals surface area contributed by atoms with Crippen molar-refractivity contribution in [3.63, 3.8) is 0 Å². The number of nitro groups is 1. The summed E-state index contributed by atoms with van der Waals surface area (Å²) in [4.78, 5) is 14.5. The minimum Gasteiger partial charge on any atom is -0.436 e. The molecule has 0 saturated heterocycles. The highest BCUT2D eigenvalue weighted by Crippen LogP contribution is 2.40. The van der Waals surface area contributed by atoms with Crippen molar-refractivity contribution < 1.29 is 9.66 Å². The molecule has 20 heavy (non-hydrogen) atoms. The zero-order chi connectivity index (χ0) is 14.9. The summed E-state index contributed by atoms with van der Waals surface area (Å²) in [6.45, 7) is 1.86. The Morgan fingerprint density at radius 3 is 2.30 bits per heavy atom. The van der Waals surface area contributed by atoms with Crippen LogP contribution in [0.1, 0.15) is 5.56 Å². The van der Waals surface area contributed by atoms with Crippen molar-refractivity contribution in [3.05, 3.63) is 53.5 Å². The average molecular weight is 467 g/mol. The molecule has 2 aromatic rings. The van der Waals surface area contributed by atoms with Gasteiger partial charge in [-0.2, -0.15) is 0 Å². The summed E-state index contributed by atoms with van der Waals surface area (Å²) in [5, 5.41) is 10.8. The van der Waals surface area contributed by atoms with Crippen molar-refractivity contribution in [1.82, 2.24) is 4.98 Å². The third-order valence-corrected chi connectivity index (χ3v) is 4.00. The van der Waals surface area contributed by atoms with Crippen molar-refractivity contribution in [2.75, 3.05) is 0 Å². The SMILES string of the molecule is Cc1cc(Br)cnc1Oc1c(Br)cc([N+](=O)[O-])cc1Br. The molecule has 0 unspecified atom stereocenters. The molecule has 0 N–H and O–H groups in total. The molecule has 0 radical (unpaired) electrons. The summed E-state index contributed by atoms with van der Waals surface area (Å²) in [6.07, 6.45) is 1.62. The minimum absolute atomic E-state index is 0.0309. The van der Waals surface area contributed by atoms with Crippen molar-refractivity contribution in [3.8, 4) is 11.6 Å². The molecular weight excluding hydrogens is 460 g/mol. The molecule has 1 aromatic carbocycles. The van der Waals surface area contributed by atoms with Crippen LogP contribution in [0.25, 0.3) is 0 Å². The van der Waals surface area contributed by atoms with Gasteiger partial charge in [-0.1, -0.05) is 0 Å². The number of rotatable bonds is 3. The van der Waals surface area contributed by atoms with E-state index >= 15 is 0 Å². The fourth-order valence-corrected chi connectivity index (χ4v) is 3.25. The molecule has 0 aliphatic carbocycles. The number of non-ortho nitro benzene ring substituents is 1. The summed E-state index contributed by atoms with van der Waals surface area (Å²) >= 11 is 9.86. The molecule has 8 heteroatoms. The van der Waals surface area contributed by atoms with Crippen LogP contribution in [0.2, 0.25) is 0 Å². The normalized spacial score (nSPS) is 10.4. The molecule has 1 aromatic heterocycles. The molecule has 0 fully saturated rings. The average Bonchev–Trinajstić information content (AvgIpc) is 2.35. The van der Waals surface area contributed by atoms with Crippen LogP contribution >= 0.6 is 47.8 Å². The highest BCUT2D eigenvalue weighted by Gasteiger charge is 2.16. The zero-order valence-corrected chi connectivity index (χ0v) is 14.8. The smallest absolute Gasteiger partial charge is 0.271 e. The van der Waals surface area contributed by atoms with Gasteiger partial charge in [0.1, 0.15) is 0 Å². The van der Waals surface area contributed by atoms with E-state index in [1.807, 2.05) is 13.0 Å². The Labute approximate surface area is 139 Å². The van der Waals surface area contributed by atoms with Gasteiger partial charge in [-0.25, -0.2) is 4.98 Å². The summed E-state index contributed by atoms with van der Waals surface area (Å²) < 4.78 is 7.51. The third-order valence-electron chi connectivity index (χ3n) is 2.39. The summed E-state index contributed by atoms with van der Waals surface area (Å²) in [6, 6.07) is 4.64. The highest BCUT2D eigenvalue weighted by molar-refractivity contribution is 9.11. The molecule has 0 atom stereocenters. The third kappa shape index (κ3) is 3.36. The van der Waals surface area contributed by atoms with Gasteiger partial charge in [0.2, 0.25) is 5.88 Å². The van der Waals surface area contributed by atoms with Gasteiger partial charge in [0.05, 0.1) is 13.9 Å². The van der Waals surface area contributed by atoms with Gasteiger partial charge in [-0.3, -0.25) is 10.1 Å². The van der Waals surface area contributed by atoms with Crippen molar-refractivity contribution >= 4 is 53.5 Å². The van der Waals surface area contributed by atoms with Crippen LogP contribution in [0, 0.1) is 17.0 Å². The Kier molecular flexibility index (Phi) is 4.77. The molecule has 104 valence electrons. The number of halogens is 3. The number of hydrogen-bond acceptors (Lipinski definition) is 4. The lowest BCUT2D eigenvalue weighted by Crippen LogP contribution is -1.95. The Bertz CT molecular complexity index is 669. The standard InChI is InChI=1S/C12H7Br3N2O3/c1-6-2-7(13)5-16-12(6)20-11-9(14)3-8(17(18)19)4-10(11)15/h2-5H,1H3. The molecule has 1 heterocycles. The maximum atomic E-state index is 10.8. The number of aromatic nitrogens is 1. The van der Waals surface area contributed by atoms with Crippen molar-refractivity contribution in [2.24, 2.45) is 0 Å². The van der Waals surface area contributed by atoms with E-state index in [0.29, 0.717) is 20.6 Å². The monoisotopic (exact) mass is 464 g/mol. The maximum Gasteiger partial charge on any atom is 0.271 e. The van der Waals surface area contributed by atoms with Crippen LogP contribution in [-0.2, 0) is 0 Å².